The van der Waals surface area contributed by atoms with Crippen molar-refractivity contribution in [3.05, 3.63) is 25.9 Å². The minimum Gasteiger partial charge on any atom is -0.481 e. The number of nitrogens with one attached hydrogen (secondary N) is 1. The molecule has 2 N–H and O–H groups in total. The van der Waals surface area contributed by atoms with E-state index in [9.17, 15) is 13.2 Å². The molecule has 6 nitrogen and oxygen atoms in total. The monoisotopic (exact) mass is 416 g/mol. The third-order valence-corrected chi connectivity index (χ3v) is 7.22. The molecule has 0 unspecified atom stereocenters. The third-order valence-electron chi connectivity index (χ3n) is 1.99. The number of halogens is 2. The van der Waals surface area contributed by atoms with E-state index in [1.807, 2.05) is 0 Å². The van der Waals surface area contributed by atoms with Gasteiger partial charge in [-0.15, -0.1) is 22.7 Å². The lowest BCUT2D eigenvalue weighted by molar-refractivity contribution is -0.136. The summed E-state index contributed by atoms with van der Waals surface area (Å²) in [7, 11) is -3.78. The number of aromatic nitrogens is 1. The van der Waals surface area contributed by atoms with Crippen molar-refractivity contribution < 1.29 is 18.3 Å². The standard InChI is InChI=1S/C9H6BrClN2O4S3/c10-8-5(11)2-7(19-8)20(16,17)13-9-12-4(3-18-9)1-6(14)15/h2-3H,1H2,(H,12,13)(H,14,15). The Kier molecular flexibility index (Phi) is 4.69. The number of thiazole rings is 1. The normalized spacial score (nSPS) is 11.5. The first-order valence-corrected chi connectivity index (χ1v) is 9.27. The molecule has 0 amide bonds. The van der Waals surface area contributed by atoms with Crippen LogP contribution in [0.1, 0.15) is 5.69 Å². The Hall–Kier alpha value is -0.680. The van der Waals surface area contributed by atoms with E-state index in [-0.39, 0.29) is 15.8 Å². The number of rotatable bonds is 5. The van der Waals surface area contributed by atoms with E-state index in [4.69, 9.17) is 16.7 Å². The maximum Gasteiger partial charge on any atom is 0.309 e. The minimum atomic E-state index is -3.78. The molecule has 20 heavy (non-hydrogen) atoms. The average molecular weight is 418 g/mol. The van der Waals surface area contributed by atoms with Crippen LogP contribution in [0.3, 0.4) is 0 Å². The van der Waals surface area contributed by atoms with Gasteiger partial charge in [-0.3, -0.25) is 9.52 Å². The van der Waals surface area contributed by atoms with E-state index < -0.39 is 16.0 Å². The van der Waals surface area contributed by atoms with Crippen LogP contribution < -0.4 is 4.72 Å². The minimum absolute atomic E-state index is 0.0457. The van der Waals surface area contributed by atoms with Gasteiger partial charge in [0.15, 0.2) is 5.13 Å². The van der Waals surface area contributed by atoms with Crippen LogP contribution in [0.15, 0.2) is 19.4 Å². The second-order valence-electron chi connectivity index (χ2n) is 3.51. The highest BCUT2D eigenvalue weighted by Gasteiger charge is 2.20. The maximum absolute atomic E-state index is 12.1. The molecule has 11 heteroatoms. The number of carboxylic acids is 1. The SMILES string of the molecule is O=C(O)Cc1csc(NS(=O)(=O)c2cc(Cl)c(Br)s2)n1. The Morgan fingerprint density at radius 3 is 2.80 bits per heavy atom. The van der Waals surface area contributed by atoms with Gasteiger partial charge in [-0.25, -0.2) is 13.4 Å². The van der Waals surface area contributed by atoms with E-state index in [0.29, 0.717) is 14.5 Å². The number of hydrogen-bond acceptors (Lipinski definition) is 6. The third kappa shape index (κ3) is 3.70. The van der Waals surface area contributed by atoms with E-state index in [1.54, 1.807) is 0 Å². The van der Waals surface area contributed by atoms with Gasteiger partial charge < -0.3 is 5.11 Å². The summed E-state index contributed by atoms with van der Waals surface area (Å²) in [6, 6.07) is 1.32. The smallest absolute Gasteiger partial charge is 0.309 e. The molecule has 2 heterocycles. The molecule has 0 saturated carbocycles. The van der Waals surface area contributed by atoms with Crippen molar-refractivity contribution in [2.24, 2.45) is 0 Å². The fourth-order valence-electron chi connectivity index (χ4n) is 1.21. The molecular weight excluding hydrogens is 412 g/mol. The summed E-state index contributed by atoms with van der Waals surface area (Å²) in [5.74, 6) is -1.03. The highest BCUT2D eigenvalue weighted by Crippen LogP contribution is 2.35. The molecule has 0 fully saturated rings. The predicted octanol–water partition coefficient (Wildman–Crippen LogP) is 3.05. The van der Waals surface area contributed by atoms with Crippen LogP contribution >= 0.6 is 50.2 Å². The molecule has 0 saturated heterocycles. The molecule has 0 atom stereocenters. The number of carboxylic acid groups (broad SMARTS) is 1. The van der Waals surface area contributed by atoms with Crippen LogP contribution in [-0.4, -0.2) is 24.5 Å². The molecule has 0 aliphatic heterocycles. The number of carbonyl (C=O) groups is 1. The van der Waals surface area contributed by atoms with Gasteiger partial charge in [-0.05, 0) is 22.0 Å². The highest BCUT2D eigenvalue weighted by atomic mass is 79.9. The number of aliphatic carboxylic acids is 1. The summed E-state index contributed by atoms with van der Waals surface area (Å²) in [6.07, 6.45) is -0.255. The molecule has 0 spiro atoms. The summed E-state index contributed by atoms with van der Waals surface area (Å²) in [5, 5.41) is 10.5. The molecule has 108 valence electrons. The second kappa shape index (κ2) is 5.98. The van der Waals surface area contributed by atoms with Crippen molar-refractivity contribution in [3.63, 3.8) is 0 Å². The second-order valence-corrected chi connectivity index (χ2v) is 9.05. The average Bonchev–Trinajstić information content (AvgIpc) is 2.86. The lowest BCUT2D eigenvalue weighted by atomic mass is 10.3. The highest BCUT2D eigenvalue weighted by molar-refractivity contribution is 9.11. The molecular formula is C9H6BrClN2O4S3. The van der Waals surface area contributed by atoms with E-state index in [0.717, 1.165) is 22.7 Å². The van der Waals surface area contributed by atoms with Crippen LogP contribution in [-0.2, 0) is 21.2 Å². The predicted molar refractivity (Wildman–Crippen MR) is 81.3 cm³/mol. The van der Waals surface area contributed by atoms with Crippen LogP contribution in [0, 0.1) is 0 Å². The van der Waals surface area contributed by atoms with Gasteiger partial charge in [-0.1, -0.05) is 11.6 Å². The Bertz CT molecular complexity index is 736. The van der Waals surface area contributed by atoms with Crippen molar-refractivity contribution in [1.82, 2.24) is 4.98 Å². The molecule has 0 bridgehead atoms. The first-order chi connectivity index (χ1) is 9.28. The maximum atomic E-state index is 12.1. The van der Waals surface area contributed by atoms with Gasteiger partial charge in [0.2, 0.25) is 0 Å². The quantitative estimate of drug-likeness (QED) is 0.779. The Morgan fingerprint density at radius 2 is 2.25 bits per heavy atom. The summed E-state index contributed by atoms with van der Waals surface area (Å²) < 4.78 is 27.0. The molecule has 0 aromatic carbocycles. The van der Waals surface area contributed by atoms with E-state index in [2.05, 4.69) is 25.6 Å². The van der Waals surface area contributed by atoms with Crippen LogP contribution in [0.2, 0.25) is 5.02 Å². The topological polar surface area (TPSA) is 96.4 Å². The van der Waals surface area contributed by atoms with Crippen LogP contribution in [0.25, 0.3) is 0 Å². The lowest BCUT2D eigenvalue weighted by Crippen LogP contribution is -2.11. The molecule has 2 aromatic heterocycles. The first kappa shape index (κ1) is 15.7. The van der Waals surface area contributed by atoms with E-state index >= 15 is 0 Å². The van der Waals surface area contributed by atoms with Crippen molar-refractivity contribution >= 4 is 71.3 Å². The lowest BCUT2D eigenvalue weighted by Gasteiger charge is -2.01. The van der Waals surface area contributed by atoms with Crippen molar-refractivity contribution in [2.45, 2.75) is 10.6 Å². The summed E-state index contributed by atoms with van der Waals surface area (Å²) in [6.45, 7) is 0. The number of hydrogen-bond donors (Lipinski definition) is 2. The fraction of sp³-hybridized carbons (Fsp3) is 0.111. The number of thiophene rings is 1. The van der Waals surface area contributed by atoms with Gasteiger partial charge in [0.1, 0.15) is 4.21 Å². The summed E-state index contributed by atoms with van der Waals surface area (Å²) >= 11 is 10.9. The van der Waals surface area contributed by atoms with Gasteiger partial charge in [0.05, 0.1) is 20.9 Å². The van der Waals surface area contributed by atoms with Gasteiger partial charge in [0.25, 0.3) is 10.0 Å². The Morgan fingerprint density at radius 1 is 1.55 bits per heavy atom. The molecule has 0 radical (unpaired) electrons. The molecule has 2 aromatic rings. The van der Waals surface area contributed by atoms with Crippen molar-refractivity contribution in [2.75, 3.05) is 4.72 Å². The van der Waals surface area contributed by atoms with Crippen molar-refractivity contribution in [3.8, 4) is 0 Å². The number of nitrogens with zero attached hydrogens (tertiary/aromatic N) is 1. The summed E-state index contributed by atoms with van der Waals surface area (Å²) in [5.41, 5.74) is 0.297. The molecule has 0 aliphatic rings. The van der Waals surface area contributed by atoms with Crippen LogP contribution in [0.4, 0.5) is 5.13 Å². The Balaban J connectivity index is 2.20. The fourth-order valence-corrected chi connectivity index (χ4v) is 5.58. The molecule has 2 rings (SSSR count). The van der Waals surface area contributed by atoms with E-state index in [1.165, 1.54) is 11.4 Å². The van der Waals surface area contributed by atoms with Gasteiger partial charge in [-0.2, -0.15) is 0 Å². The Labute approximate surface area is 135 Å². The zero-order chi connectivity index (χ0) is 14.9. The van der Waals surface area contributed by atoms with Crippen LogP contribution in [0.5, 0.6) is 0 Å². The van der Waals surface area contributed by atoms with Crippen molar-refractivity contribution in [1.29, 1.82) is 0 Å². The largest absolute Gasteiger partial charge is 0.481 e. The molecule has 0 aliphatic carbocycles. The number of sulfonamides is 1. The van der Waals surface area contributed by atoms with Gasteiger partial charge in [0, 0.05) is 5.38 Å². The number of anilines is 1. The zero-order valence-corrected chi connectivity index (χ0v) is 14.3. The first-order valence-electron chi connectivity index (χ1n) is 4.92. The summed E-state index contributed by atoms with van der Waals surface area (Å²) in [4.78, 5) is 14.4. The zero-order valence-electron chi connectivity index (χ0n) is 9.46. The van der Waals surface area contributed by atoms with Gasteiger partial charge >= 0.3 is 5.97 Å².